The van der Waals surface area contributed by atoms with Crippen LogP contribution in [0.5, 0.6) is 17.2 Å². The fraction of sp³-hybridized carbons (Fsp3) is 0.600. The molecule has 4 heterocycles. The summed E-state index contributed by atoms with van der Waals surface area (Å²) in [5.41, 5.74) is 0.587. The maximum Gasteiger partial charge on any atom is 0.573 e. The summed E-state index contributed by atoms with van der Waals surface area (Å²) in [6, 6.07) is 7.18. The van der Waals surface area contributed by atoms with Crippen molar-refractivity contribution < 1.29 is 46.8 Å². The monoisotopic (exact) mass is 609 g/mol. The van der Waals surface area contributed by atoms with Gasteiger partial charge in [-0.3, -0.25) is 4.79 Å². The van der Waals surface area contributed by atoms with E-state index in [0.29, 0.717) is 49.1 Å². The average molecular weight is 610 g/mol. The molecule has 236 valence electrons. The highest BCUT2D eigenvalue weighted by Crippen LogP contribution is 2.47. The number of alkyl halides is 3. The third-order valence-electron chi connectivity index (χ3n) is 8.61. The number of hydrogen-bond donors (Lipinski definition) is 1. The summed E-state index contributed by atoms with van der Waals surface area (Å²) in [5.74, 6) is 0.0602. The van der Waals surface area contributed by atoms with Gasteiger partial charge in [-0.15, -0.1) is 13.2 Å². The number of nitrogens with zero attached hydrogens (tertiary/aromatic N) is 3. The maximum absolute atomic E-state index is 13.4. The lowest BCUT2D eigenvalue weighted by Gasteiger charge is -2.40. The number of pyridine rings is 1. The van der Waals surface area contributed by atoms with E-state index in [1.807, 2.05) is 30.0 Å². The Hall–Kier alpha value is -3.29. The summed E-state index contributed by atoms with van der Waals surface area (Å²) < 4.78 is 65.1. The first kappa shape index (κ1) is 31.1. The SMILES string of the molecule is COc1ccc([C@@H]2CN(C(=O)[C@@H]3COC(C)(C)O3)C[C@@]2(C)[C@@H](C)O)cc1OC1CN(c2cc(C)c(OC(F)(F)F)cn2)C1. The smallest absolute Gasteiger partial charge is 0.493 e. The minimum absolute atomic E-state index is 0.165. The third kappa shape index (κ3) is 6.48. The zero-order chi connectivity index (χ0) is 31.3. The van der Waals surface area contributed by atoms with E-state index in [2.05, 4.69) is 9.72 Å². The summed E-state index contributed by atoms with van der Waals surface area (Å²) in [7, 11) is 1.55. The van der Waals surface area contributed by atoms with Crippen molar-refractivity contribution in [3.8, 4) is 17.2 Å². The number of aliphatic hydroxyl groups is 1. The zero-order valence-electron chi connectivity index (χ0n) is 25.1. The number of halogens is 3. The van der Waals surface area contributed by atoms with E-state index in [-0.39, 0.29) is 30.3 Å². The van der Waals surface area contributed by atoms with Crippen LogP contribution in [-0.2, 0) is 14.3 Å². The lowest BCUT2D eigenvalue weighted by molar-refractivity contribution is -0.275. The molecule has 0 bridgehead atoms. The Morgan fingerprint density at radius 1 is 1.14 bits per heavy atom. The molecular formula is C30H38F3N3O7. The van der Waals surface area contributed by atoms with Crippen molar-refractivity contribution in [1.82, 2.24) is 9.88 Å². The van der Waals surface area contributed by atoms with Crippen molar-refractivity contribution in [3.05, 3.63) is 41.6 Å². The van der Waals surface area contributed by atoms with Crippen molar-refractivity contribution >= 4 is 11.7 Å². The Morgan fingerprint density at radius 3 is 2.44 bits per heavy atom. The van der Waals surface area contributed by atoms with Crippen molar-refractivity contribution in [3.63, 3.8) is 0 Å². The molecule has 0 radical (unpaired) electrons. The van der Waals surface area contributed by atoms with Gasteiger partial charge in [0.1, 0.15) is 11.9 Å². The second-order valence-electron chi connectivity index (χ2n) is 12.2. The Labute approximate surface area is 248 Å². The van der Waals surface area contributed by atoms with E-state index >= 15 is 0 Å². The lowest BCUT2D eigenvalue weighted by Crippen LogP contribution is -2.54. The van der Waals surface area contributed by atoms with Crippen molar-refractivity contribution in [2.75, 3.05) is 44.8 Å². The van der Waals surface area contributed by atoms with Crippen LogP contribution in [0.4, 0.5) is 19.0 Å². The number of methoxy groups -OCH3 is 1. The predicted molar refractivity (Wildman–Crippen MR) is 149 cm³/mol. The number of likely N-dealkylation sites (tertiary alicyclic amines) is 1. The van der Waals surface area contributed by atoms with Gasteiger partial charge in [-0.25, -0.2) is 4.98 Å². The summed E-state index contributed by atoms with van der Waals surface area (Å²) in [4.78, 5) is 21.1. The summed E-state index contributed by atoms with van der Waals surface area (Å²) in [5, 5.41) is 10.9. The molecule has 0 saturated carbocycles. The molecule has 1 N–H and O–H groups in total. The molecule has 5 rings (SSSR count). The number of carbonyl (C=O) groups is 1. The molecule has 4 atom stereocenters. The van der Waals surface area contributed by atoms with Crippen LogP contribution in [0.1, 0.15) is 44.7 Å². The summed E-state index contributed by atoms with van der Waals surface area (Å²) in [6.45, 7) is 10.6. The Kier molecular flexibility index (Phi) is 8.20. The number of carbonyl (C=O) groups excluding carboxylic acids is 1. The van der Waals surface area contributed by atoms with Gasteiger partial charge in [0.25, 0.3) is 5.91 Å². The van der Waals surface area contributed by atoms with Gasteiger partial charge < -0.3 is 38.6 Å². The fourth-order valence-electron chi connectivity index (χ4n) is 5.92. The first-order valence-electron chi connectivity index (χ1n) is 14.2. The zero-order valence-corrected chi connectivity index (χ0v) is 25.1. The van der Waals surface area contributed by atoms with Crippen LogP contribution in [0.15, 0.2) is 30.5 Å². The van der Waals surface area contributed by atoms with Gasteiger partial charge in [0.15, 0.2) is 29.1 Å². The standard InChI is InChI=1S/C30H38F3N3O7/c1-17-9-26(34-11-24(17)43-30(31,32)33)35-12-20(13-35)41-23-10-19(7-8-22(23)39-6)21-14-36(16-29(21,5)18(2)37)27(38)25-15-40-28(3,4)42-25/h7-11,18,20-21,25,37H,12-16H2,1-6H3/t18-,21+,25+,29+/m1/s1. The number of rotatable bonds is 8. The van der Waals surface area contributed by atoms with E-state index in [1.165, 1.54) is 6.92 Å². The molecule has 1 amide bonds. The predicted octanol–water partition coefficient (Wildman–Crippen LogP) is 4.03. The van der Waals surface area contributed by atoms with E-state index in [1.54, 1.807) is 38.8 Å². The maximum atomic E-state index is 13.4. The Balaban J connectivity index is 1.29. The summed E-state index contributed by atoms with van der Waals surface area (Å²) >= 11 is 0. The number of hydrogen-bond acceptors (Lipinski definition) is 9. The van der Waals surface area contributed by atoms with Crippen LogP contribution < -0.4 is 19.1 Å². The van der Waals surface area contributed by atoms with Crippen molar-refractivity contribution in [1.29, 1.82) is 0 Å². The molecule has 0 spiro atoms. The minimum Gasteiger partial charge on any atom is -0.493 e. The van der Waals surface area contributed by atoms with Gasteiger partial charge in [-0.05, 0) is 57.0 Å². The van der Waals surface area contributed by atoms with Gasteiger partial charge in [0, 0.05) is 24.4 Å². The Bertz CT molecular complexity index is 1350. The second-order valence-corrected chi connectivity index (χ2v) is 12.2. The quantitative estimate of drug-likeness (QED) is 0.475. The number of aliphatic hydroxyl groups excluding tert-OH is 1. The second kappa shape index (κ2) is 11.3. The molecule has 43 heavy (non-hydrogen) atoms. The molecular weight excluding hydrogens is 571 g/mol. The van der Waals surface area contributed by atoms with Crippen LogP contribution in [0.3, 0.4) is 0 Å². The van der Waals surface area contributed by atoms with E-state index < -0.39 is 29.8 Å². The molecule has 1 aromatic carbocycles. The highest BCUT2D eigenvalue weighted by molar-refractivity contribution is 5.82. The fourth-order valence-corrected chi connectivity index (χ4v) is 5.92. The molecule has 13 heteroatoms. The largest absolute Gasteiger partial charge is 0.573 e. The lowest BCUT2D eigenvalue weighted by atomic mass is 9.72. The molecule has 0 aliphatic carbocycles. The number of aromatic nitrogens is 1. The molecule has 1 aromatic heterocycles. The number of ether oxygens (including phenoxy) is 5. The van der Waals surface area contributed by atoms with Crippen LogP contribution in [0, 0.1) is 12.3 Å². The van der Waals surface area contributed by atoms with Crippen LogP contribution >= 0.6 is 0 Å². The highest BCUT2D eigenvalue weighted by atomic mass is 19.4. The number of benzene rings is 1. The molecule has 3 aliphatic rings. The van der Waals surface area contributed by atoms with Gasteiger partial charge in [-0.1, -0.05) is 13.0 Å². The molecule has 10 nitrogen and oxygen atoms in total. The molecule has 2 aromatic rings. The van der Waals surface area contributed by atoms with Gasteiger partial charge in [0.05, 0.1) is 39.1 Å². The van der Waals surface area contributed by atoms with Crippen molar-refractivity contribution in [2.45, 2.75) is 71.0 Å². The molecule has 0 unspecified atom stereocenters. The van der Waals surface area contributed by atoms with E-state index in [4.69, 9.17) is 18.9 Å². The molecule has 3 saturated heterocycles. The van der Waals surface area contributed by atoms with E-state index in [0.717, 1.165) is 11.8 Å². The normalized spacial score (nSPS) is 26.3. The van der Waals surface area contributed by atoms with Gasteiger partial charge in [-0.2, -0.15) is 0 Å². The van der Waals surface area contributed by atoms with Gasteiger partial charge >= 0.3 is 6.36 Å². The number of aryl methyl sites for hydroxylation is 1. The number of amides is 1. The highest BCUT2D eigenvalue weighted by Gasteiger charge is 2.51. The first-order chi connectivity index (χ1) is 20.1. The third-order valence-corrected chi connectivity index (χ3v) is 8.61. The van der Waals surface area contributed by atoms with Crippen LogP contribution in [0.2, 0.25) is 0 Å². The van der Waals surface area contributed by atoms with Crippen molar-refractivity contribution in [2.24, 2.45) is 5.41 Å². The first-order valence-corrected chi connectivity index (χ1v) is 14.2. The van der Waals surface area contributed by atoms with Crippen LogP contribution in [0.25, 0.3) is 0 Å². The topological polar surface area (TPSA) is 103 Å². The summed E-state index contributed by atoms with van der Waals surface area (Å²) in [6.07, 6.45) is -5.34. The molecule has 3 fully saturated rings. The van der Waals surface area contributed by atoms with E-state index in [9.17, 15) is 23.1 Å². The minimum atomic E-state index is -4.78. The van der Waals surface area contributed by atoms with Gasteiger partial charge in [0.2, 0.25) is 0 Å². The average Bonchev–Trinajstić information content (AvgIpc) is 3.46. The van der Waals surface area contributed by atoms with Crippen LogP contribution in [-0.4, -0.2) is 91.3 Å². The molecule has 3 aliphatic heterocycles. The Morgan fingerprint density at radius 2 is 1.86 bits per heavy atom. The number of anilines is 1.